The molecule has 174 valence electrons. The van der Waals surface area contributed by atoms with Crippen molar-refractivity contribution in [2.24, 2.45) is 0 Å². The minimum atomic E-state index is -1.08. The van der Waals surface area contributed by atoms with Gasteiger partial charge >= 0.3 is 11.6 Å². The fraction of sp³-hybridized carbons (Fsp3) is 0.346. The highest BCUT2D eigenvalue weighted by molar-refractivity contribution is 5.87. The Labute approximate surface area is 192 Å². The van der Waals surface area contributed by atoms with Crippen LogP contribution in [0.25, 0.3) is 11.0 Å². The Morgan fingerprint density at radius 2 is 1.79 bits per heavy atom. The summed E-state index contributed by atoms with van der Waals surface area (Å²) < 4.78 is 11.5. The van der Waals surface area contributed by atoms with Crippen molar-refractivity contribution in [3.63, 3.8) is 0 Å². The molecule has 0 radical (unpaired) electrons. The van der Waals surface area contributed by atoms with Crippen LogP contribution in [0.5, 0.6) is 5.75 Å². The van der Waals surface area contributed by atoms with Crippen molar-refractivity contribution in [2.75, 3.05) is 0 Å². The molecule has 1 heterocycles. The number of amides is 1. The van der Waals surface area contributed by atoms with Crippen molar-refractivity contribution in [2.45, 2.75) is 59.1 Å². The van der Waals surface area contributed by atoms with Gasteiger partial charge in [0.2, 0.25) is 0 Å². The zero-order valence-corrected chi connectivity index (χ0v) is 19.3. The number of nitrogens with one attached hydrogen (secondary N) is 1. The van der Waals surface area contributed by atoms with Crippen molar-refractivity contribution in [1.29, 1.82) is 0 Å². The molecular formula is C26H29NO6. The molecule has 2 N–H and O–H groups in total. The van der Waals surface area contributed by atoms with Crippen LogP contribution in [0.4, 0.5) is 0 Å². The maximum absolute atomic E-state index is 12.8. The molecule has 0 spiro atoms. The normalized spacial score (nSPS) is 12.8. The Morgan fingerprint density at radius 1 is 1.09 bits per heavy atom. The number of carbonyl (C=O) groups excluding carboxylic acids is 1. The van der Waals surface area contributed by atoms with E-state index in [4.69, 9.17) is 9.15 Å². The largest absolute Gasteiger partial charge is 0.480 e. The summed E-state index contributed by atoms with van der Waals surface area (Å²) in [6.07, 6.45) is 0.506. The molecule has 1 aromatic heterocycles. The van der Waals surface area contributed by atoms with E-state index in [1.54, 1.807) is 19.9 Å². The molecule has 2 atom stereocenters. The van der Waals surface area contributed by atoms with Crippen molar-refractivity contribution in [3.05, 3.63) is 75.1 Å². The first-order valence-electron chi connectivity index (χ1n) is 11.0. The zero-order valence-electron chi connectivity index (χ0n) is 19.3. The average molecular weight is 452 g/mol. The first-order chi connectivity index (χ1) is 15.7. The van der Waals surface area contributed by atoms with Crippen LogP contribution in [-0.2, 0) is 16.0 Å². The summed E-state index contributed by atoms with van der Waals surface area (Å²) in [4.78, 5) is 36.6. The molecule has 0 aliphatic carbocycles. The summed E-state index contributed by atoms with van der Waals surface area (Å²) in [6.45, 7) is 7.06. The first kappa shape index (κ1) is 24.0. The lowest BCUT2D eigenvalue weighted by Crippen LogP contribution is -2.46. The van der Waals surface area contributed by atoms with Crippen LogP contribution in [0.3, 0.4) is 0 Å². The van der Waals surface area contributed by atoms with Crippen molar-refractivity contribution in [1.82, 2.24) is 5.32 Å². The predicted octanol–water partition coefficient (Wildman–Crippen LogP) is 4.14. The van der Waals surface area contributed by atoms with Crippen LogP contribution in [-0.4, -0.2) is 29.1 Å². The summed E-state index contributed by atoms with van der Waals surface area (Å²) in [6, 6.07) is 12.3. The minimum absolute atomic E-state index is 0.332. The molecule has 3 rings (SSSR count). The van der Waals surface area contributed by atoms with Gasteiger partial charge in [-0.15, -0.1) is 0 Å². The number of rotatable bonds is 9. The minimum Gasteiger partial charge on any atom is -0.480 e. The Bertz CT molecular complexity index is 1210. The van der Waals surface area contributed by atoms with Gasteiger partial charge in [-0.1, -0.05) is 43.7 Å². The van der Waals surface area contributed by atoms with E-state index in [1.807, 2.05) is 50.2 Å². The highest BCUT2D eigenvalue weighted by Gasteiger charge is 2.24. The van der Waals surface area contributed by atoms with Gasteiger partial charge in [0.1, 0.15) is 17.4 Å². The van der Waals surface area contributed by atoms with Gasteiger partial charge in [-0.25, -0.2) is 9.59 Å². The van der Waals surface area contributed by atoms with E-state index in [1.165, 1.54) is 0 Å². The molecular weight excluding hydrogens is 422 g/mol. The second-order valence-electron chi connectivity index (χ2n) is 8.17. The SMILES string of the molecule is CCCC(NC(=O)C(C)Oc1ccc2c(C)c(Cc3ccccc3)c(=O)oc2c1C)C(=O)O. The number of hydrogen-bond acceptors (Lipinski definition) is 5. The van der Waals surface area contributed by atoms with Gasteiger partial charge in [0.25, 0.3) is 5.91 Å². The van der Waals surface area contributed by atoms with Gasteiger partial charge < -0.3 is 19.6 Å². The summed E-state index contributed by atoms with van der Waals surface area (Å²) in [5.74, 6) is -1.21. The molecule has 0 bridgehead atoms. The summed E-state index contributed by atoms with van der Waals surface area (Å²) >= 11 is 0. The van der Waals surface area contributed by atoms with Gasteiger partial charge in [0, 0.05) is 22.9 Å². The standard InChI is InChI=1S/C26H29NO6/c1-5-9-21(25(29)30)27-24(28)17(4)32-22-13-12-19-15(2)20(14-18-10-7-6-8-11-18)26(31)33-23(19)16(22)3/h6-8,10-13,17,21H,5,9,14H2,1-4H3,(H,27,28)(H,29,30). The van der Waals surface area contributed by atoms with Crippen LogP contribution in [0.15, 0.2) is 51.7 Å². The Balaban J connectivity index is 1.86. The third-order valence-electron chi connectivity index (χ3n) is 5.74. The molecule has 3 aromatic rings. The van der Waals surface area contributed by atoms with E-state index in [9.17, 15) is 19.5 Å². The van der Waals surface area contributed by atoms with E-state index in [0.717, 1.165) is 16.5 Å². The molecule has 0 aliphatic rings. The lowest BCUT2D eigenvalue weighted by Gasteiger charge is -2.20. The number of benzene rings is 2. The molecule has 1 amide bonds. The molecule has 0 fully saturated rings. The Hall–Kier alpha value is -3.61. The van der Waals surface area contributed by atoms with Crippen LogP contribution < -0.4 is 15.7 Å². The van der Waals surface area contributed by atoms with Crippen molar-refractivity contribution >= 4 is 22.8 Å². The van der Waals surface area contributed by atoms with E-state index >= 15 is 0 Å². The number of carboxylic acid groups (broad SMARTS) is 1. The second kappa shape index (κ2) is 10.3. The van der Waals surface area contributed by atoms with Gasteiger partial charge in [-0.3, -0.25) is 4.79 Å². The van der Waals surface area contributed by atoms with Crippen molar-refractivity contribution < 1.29 is 23.8 Å². The molecule has 0 saturated carbocycles. The fourth-order valence-corrected chi connectivity index (χ4v) is 3.78. The molecule has 7 heteroatoms. The third-order valence-corrected chi connectivity index (χ3v) is 5.74. The number of aryl methyl sites for hydroxylation is 2. The highest BCUT2D eigenvalue weighted by atomic mass is 16.5. The maximum atomic E-state index is 12.8. The lowest BCUT2D eigenvalue weighted by atomic mass is 9.98. The molecule has 0 aliphatic heterocycles. The first-order valence-corrected chi connectivity index (χ1v) is 11.0. The second-order valence-corrected chi connectivity index (χ2v) is 8.17. The number of carboxylic acids is 1. The predicted molar refractivity (Wildman–Crippen MR) is 126 cm³/mol. The van der Waals surface area contributed by atoms with E-state index in [-0.39, 0.29) is 0 Å². The van der Waals surface area contributed by atoms with E-state index in [0.29, 0.717) is 41.7 Å². The van der Waals surface area contributed by atoms with Crippen molar-refractivity contribution in [3.8, 4) is 5.75 Å². The van der Waals surface area contributed by atoms with Crippen LogP contribution in [0, 0.1) is 13.8 Å². The van der Waals surface area contributed by atoms with E-state index < -0.39 is 29.6 Å². The van der Waals surface area contributed by atoms with Crippen LogP contribution in [0.2, 0.25) is 0 Å². The van der Waals surface area contributed by atoms with Gasteiger partial charge in [-0.2, -0.15) is 0 Å². The third kappa shape index (κ3) is 5.42. The van der Waals surface area contributed by atoms with Crippen LogP contribution in [0.1, 0.15) is 48.9 Å². The quantitative estimate of drug-likeness (QED) is 0.474. The van der Waals surface area contributed by atoms with E-state index in [2.05, 4.69) is 5.32 Å². The average Bonchev–Trinajstić information content (AvgIpc) is 2.79. The number of aliphatic carboxylic acids is 1. The van der Waals surface area contributed by atoms with Gasteiger partial charge in [0.15, 0.2) is 6.10 Å². The van der Waals surface area contributed by atoms with Crippen LogP contribution >= 0.6 is 0 Å². The molecule has 0 saturated heterocycles. The van der Waals surface area contributed by atoms with Gasteiger partial charge in [0.05, 0.1) is 0 Å². The number of carbonyl (C=O) groups is 2. The monoisotopic (exact) mass is 451 g/mol. The zero-order chi connectivity index (χ0) is 24.1. The summed E-state index contributed by atoms with van der Waals surface area (Å²) in [5, 5.41) is 12.6. The Morgan fingerprint density at radius 3 is 2.42 bits per heavy atom. The molecule has 33 heavy (non-hydrogen) atoms. The topological polar surface area (TPSA) is 106 Å². The summed E-state index contributed by atoms with van der Waals surface area (Å²) in [5.41, 5.74) is 3.07. The highest BCUT2D eigenvalue weighted by Crippen LogP contribution is 2.30. The summed E-state index contributed by atoms with van der Waals surface area (Å²) in [7, 11) is 0. The lowest BCUT2D eigenvalue weighted by molar-refractivity contribution is -0.143. The van der Waals surface area contributed by atoms with Gasteiger partial charge in [-0.05, 0) is 50.5 Å². The number of hydrogen-bond donors (Lipinski definition) is 2. The number of fused-ring (bicyclic) bond motifs is 1. The fourth-order valence-electron chi connectivity index (χ4n) is 3.78. The smallest absolute Gasteiger partial charge is 0.340 e. The molecule has 2 aromatic carbocycles. The maximum Gasteiger partial charge on any atom is 0.340 e. The number of ether oxygens (including phenoxy) is 1. The molecule has 2 unspecified atom stereocenters. The molecule has 7 nitrogen and oxygen atoms in total. The Kier molecular flexibility index (Phi) is 7.53.